The minimum absolute atomic E-state index is 0.428. The molecular weight excluding hydrogens is 242 g/mol. The fourth-order valence-corrected chi connectivity index (χ4v) is 1.93. The van der Waals surface area contributed by atoms with Crippen LogP contribution in [-0.2, 0) is 0 Å². The molecule has 0 aliphatic heterocycles. The van der Waals surface area contributed by atoms with Crippen molar-refractivity contribution in [2.45, 2.75) is 13.0 Å². The van der Waals surface area contributed by atoms with Gasteiger partial charge in [-0.2, -0.15) is 0 Å². The Hall–Kier alpha value is -2.14. The molecule has 0 saturated carbocycles. The zero-order valence-electron chi connectivity index (χ0n) is 11.3. The molecular formula is C14H17N3O2. The van der Waals surface area contributed by atoms with Crippen molar-refractivity contribution in [1.29, 1.82) is 0 Å². The van der Waals surface area contributed by atoms with Crippen molar-refractivity contribution in [2.24, 2.45) is 5.73 Å². The minimum atomic E-state index is -0.445. The van der Waals surface area contributed by atoms with Crippen LogP contribution >= 0.6 is 0 Å². The highest BCUT2D eigenvalue weighted by Crippen LogP contribution is 2.31. The number of benzene rings is 1. The Morgan fingerprint density at radius 3 is 2.53 bits per heavy atom. The first-order valence-electron chi connectivity index (χ1n) is 5.92. The Balaban J connectivity index is 2.46. The molecule has 100 valence electrons. The number of methoxy groups -OCH3 is 2. The number of hydrogen-bond acceptors (Lipinski definition) is 5. The third-order valence-corrected chi connectivity index (χ3v) is 2.90. The van der Waals surface area contributed by atoms with Gasteiger partial charge in [-0.3, -0.25) is 4.98 Å². The first kappa shape index (κ1) is 13.3. The molecule has 2 N–H and O–H groups in total. The highest BCUT2D eigenvalue weighted by molar-refractivity contribution is 5.43. The lowest BCUT2D eigenvalue weighted by Crippen LogP contribution is -2.16. The predicted octanol–water partition coefficient (Wildman–Crippen LogP) is 1.85. The van der Waals surface area contributed by atoms with E-state index < -0.39 is 6.04 Å². The van der Waals surface area contributed by atoms with Crippen molar-refractivity contribution in [3.8, 4) is 11.6 Å². The van der Waals surface area contributed by atoms with Crippen LogP contribution in [0.3, 0.4) is 0 Å². The van der Waals surface area contributed by atoms with Gasteiger partial charge in [0.1, 0.15) is 11.4 Å². The summed E-state index contributed by atoms with van der Waals surface area (Å²) in [5.74, 6) is 1.16. The van der Waals surface area contributed by atoms with E-state index in [9.17, 15) is 0 Å². The van der Waals surface area contributed by atoms with Gasteiger partial charge >= 0.3 is 0 Å². The standard InChI is InChI=1S/C14H17N3O2/c1-9-4-5-10(11(8-9)18-2)12(15)13-14(19-3)17-7-6-16-13/h4-8,12H,15H2,1-3H3. The van der Waals surface area contributed by atoms with Crippen LogP contribution in [0.4, 0.5) is 0 Å². The van der Waals surface area contributed by atoms with Gasteiger partial charge in [0, 0.05) is 18.0 Å². The molecule has 2 aromatic rings. The van der Waals surface area contributed by atoms with Gasteiger partial charge < -0.3 is 15.2 Å². The van der Waals surface area contributed by atoms with Crippen molar-refractivity contribution < 1.29 is 9.47 Å². The van der Waals surface area contributed by atoms with Crippen LogP contribution in [0.5, 0.6) is 11.6 Å². The molecule has 19 heavy (non-hydrogen) atoms. The molecule has 0 radical (unpaired) electrons. The number of nitrogens with two attached hydrogens (primary N) is 1. The smallest absolute Gasteiger partial charge is 0.237 e. The highest BCUT2D eigenvalue weighted by atomic mass is 16.5. The summed E-state index contributed by atoms with van der Waals surface area (Å²) >= 11 is 0. The van der Waals surface area contributed by atoms with Crippen molar-refractivity contribution in [3.05, 3.63) is 47.4 Å². The molecule has 0 bridgehead atoms. The number of rotatable bonds is 4. The molecule has 1 heterocycles. The average Bonchev–Trinajstić information content (AvgIpc) is 2.46. The summed E-state index contributed by atoms with van der Waals surface area (Å²) in [6, 6.07) is 5.42. The molecule has 0 amide bonds. The van der Waals surface area contributed by atoms with E-state index in [0.29, 0.717) is 11.6 Å². The molecule has 1 aromatic carbocycles. The summed E-state index contributed by atoms with van der Waals surface area (Å²) in [7, 11) is 3.17. The Morgan fingerprint density at radius 2 is 1.84 bits per heavy atom. The van der Waals surface area contributed by atoms with Gasteiger partial charge in [-0.05, 0) is 18.6 Å². The van der Waals surface area contributed by atoms with E-state index in [-0.39, 0.29) is 0 Å². The molecule has 0 fully saturated rings. The maximum absolute atomic E-state index is 6.26. The Kier molecular flexibility index (Phi) is 3.97. The van der Waals surface area contributed by atoms with Gasteiger partial charge in [-0.15, -0.1) is 0 Å². The van der Waals surface area contributed by atoms with Crippen molar-refractivity contribution in [1.82, 2.24) is 9.97 Å². The van der Waals surface area contributed by atoms with Gasteiger partial charge in [0.05, 0.1) is 20.3 Å². The molecule has 0 aliphatic carbocycles. The zero-order chi connectivity index (χ0) is 13.8. The van der Waals surface area contributed by atoms with Gasteiger partial charge in [-0.25, -0.2) is 4.98 Å². The number of ether oxygens (including phenoxy) is 2. The van der Waals surface area contributed by atoms with Gasteiger partial charge in [0.25, 0.3) is 0 Å². The number of nitrogens with zero attached hydrogens (tertiary/aromatic N) is 2. The SMILES string of the molecule is COc1cc(C)ccc1C(N)c1nccnc1OC. The van der Waals surface area contributed by atoms with Crippen molar-refractivity contribution in [3.63, 3.8) is 0 Å². The number of aryl methyl sites for hydroxylation is 1. The second-order valence-corrected chi connectivity index (χ2v) is 4.17. The molecule has 2 rings (SSSR count). The molecule has 5 heteroatoms. The van der Waals surface area contributed by atoms with E-state index in [2.05, 4.69) is 9.97 Å². The maximum Gasteiger partial charge on any atom is 0.237 e. The molecule has 5 nitrogen and oxygen atoms in total. The third-order valence-electron chi connectivity index (χ3n) is 2.90. The van der Waals surface area contributed by atoms with Crippen molar-refractivity contribution in [2.75, 3.05) is 14.2 Å². The lowest BCUT2D eigenvalue weighted by atomic mass is 10.0. The predicted molar refractivity (Wildman–Crippen MR) is 72.3 cm³/mol. The largest absolute Gasteiger partial charge is 0.496 e. The topological polar surface area (TPSA) is 70.3 Å². The second-order valence-electron chi connectivity index (χ2n) is 4.17. The van der Waals surface area contributed by atoms with Crippen LogP contribution in [0, 0.1) is 6.92 Å². The molecule has 0 saturated heterocycles. The Labute approximate surface area is 112 Å². The van der Waals surface area contributed by atoms with Crippen molar-refractivity contribution >= 4 is 0 Å². The fourth-order valence-electron chi connectivity index (χ4n) is 1.93. The van der Waals surface area contributed by atoms with Gasteiger partial charge in [0.2, 0.25) is 5.88 Å². The lowest BCUT2D eigenvalue weighted by Gasteiger charge is -2.17. The maximum atomic E-state index is 6.26. The highest BCUT2D eigenvalue weighted by Gasteiger charge is 2.19. The second kappa shape index (κ2) is 5.67. The van der Waals surface area contributed by atoms with E-state index in [4.69, 9.17) is 15.2 Å². The summed E-state index contributed by atoms with van der Waals surface area (Å²) in [6.45, 7) is 2.00. The molecule has 1 unspecified atom stereocenters. The number of aromatic nitrogens is 2. The van der Waals surface area contributed by atoms with Crippen LogP contribution in [-0.4, -0.2) is 24.2 Å². The monoisotopic (exact) mass is 259 g/mol. The number of hydrogen-bond donors (Lipinski definition) is 1. The van der Waals surface area contributed by atoms with Crippen LogP contribution in [0.1, 0.15) is 22.9 Å². The summed E-state index contributed by atoms with van der Waals surface area (Å²) in [5.41, 5.74) is 8.81. The lowest BCUT2D eigenvalue weighted by molar-refractivity contribution is 0.384. The zero-order valence-corrected chi connectivity index (χ0v) is 11.3. The van der Waals surface area contributed by atoms with E-state index in [1.165, 1.54) is 0 Å². The van der Waals surface area contributed by atoms with Crippen LogP contribution in [0.25, 0.3) is 0 Å². The molecule has 1 atom stereocenters. The van der Waals surface area contributed by atoms with E-state index >= 15 is 0 Å². The van der Waals surface area contributed by atoms with Gasteiger partial charge in [0.15, 0.2) is 0 Å². The Morgan fingerprint density at radius 1 is 1.11 bits per heavy atom. The molecule has 0 spiro atoms. The summed E-state index contributed by atoms with van der Waals surface area (Å²) < 4.78 is 10.6. The Bertz CT molecular complexity index is 572. The normalized spacial score (nSPS) is 12.0. The van der Waals surface area contributed by atoms with E-state index in [1.807, 2.05) is 25.1 Å². The van der Waals surface area contributed by atoms with Crippen LogP contribution < -0.4 is 15.2 Å². The quantitative estimate of drug-likeness (QED) is 0.907. The van der Waals surface area contributed by atoms with E-state index in [1.54, 1.807) is 26.6 Å². The van der Waals surface area contributed by atoms with Crippen LogP contribution in [0.2, 0.25) is 0 Å². The van der Waals surface area contributed by atoms with Crippen LogP contribution in [0.15, 0.2) is 30.6 Å². The van der Waals surface area contributed by atoms with Gasteiger partial charge in [-0.1, -0.05) is 12.1 Å². The van der Waals surface area contributed by atoms with E-state index in [0.717, 1.165) is 16.9 Å². The first-order chi connectivity index (χ1) is 9.17. The first-order valence-corrected chi connectivity index (χ1v) is 5.92. The molecule has 1 aromatic heterocycles. The molecule has 0 aliphatic rings. The summed E-state index contributed by atoms with van der Waals surface area (Å²) in [6.07, 6.45) is 3.17. The summed E-state index contributed by atoms with van der Waals surface area (Å²) in [4.78, 5) is 8.37. The minimum Gasteiger partial charge on any atom is -0.496 e. The summed E-state index contributed by atoms with van der Waals surface area (Å²) in [5, 5.41) is 0. The third kappa shape index (κ3) is 2.66. The average molecular weight is 259 g/mol. The fraction of sp³-hybridized carbons (Fsp3) is 0.286.